The van der Waals surface area contributed by atoms with Gasteiger partial charge in [0.05, 0.1) is 17.1 Å². The van der Waals surface area contributed by atoms with E-state index in [0.717, 1.165) is 5.56 Å². The number of hydrogen-bond acceptors (Lipinski definition) is 4. The summed E-state index contributed by atoms with van der Waals surface area (Å²) in [5, 5.41) is 21.2. The van der Waals surface area contributed by atoms with Crippen LogP contribution < -0.4 is 10.3 Å². The number of allylic oxidation sites excluding steroid dienone is 1. The molecule has 1 aromatic carbocycles. The summed E-state index contributed by atoms with van der Waals surface area (Å²) in [7, 11) is 0. The summed E-state index contributed by atoms with van der Waals surface area (Å²) in [4.78, 5) is 15.2. The third kappa shape index (κ3) is 2.28. The van der Waals surface area contributed by atoms with E-state index < -0.39 is 17.8 Å². The Morgan fingerprint density at radius 3 is 2.67 bits per heavy atom. The molecule has 1 aliphatic rings. The maximum atomic E-state index is 12.5. The molecule has 0 bridgehead atoms. The molecule has 3 rings (SSSR count). The Morgan fingerprint density at radius 2 is 2.04 bits per heavy atom. The second-order valence-electron chi connectivity index (χ2n) is 6.29. The van der Waals surface area contributed by atoms with Gasteiger partial charge in [-0.2, -0.15) is 0 Å². The molecule has 0 amide bonds. The average Bonchev–Trinajstić information content (AvgIpc) is 2.87. The Hall–Kier alpha value is -2.37. The van der Waals surface area contributed by atoms with Crippen molar-refractivity contribution in [1.29, 1.82) is 0 Å². The van der Waals surface area contributed by atoms with Crippen LogP contribution in [0.1, 0.15) is 26.3 Å². The highest BCUT2D eigenvalue weighted by molar-refractivity contribution is 5.73. The fraction of sp³-hybridized carbons (Fsp3) is 0.316. The standard InChI is InChI=1S/C19H21NO4/c1-4-11(2)16(21)19(3)14-15(24-18(19)23)13(10-20-17(14)22)12-8-6-5-7-9-12/h4-10,16,18,21,23H,1-3H3,(H,20,22)/b11-4+/t16-,18-,19+/m0/s1. The molecular formula is C19H21NO4. The molecule has 3 N–H and O–H groups in total. The zero-order chi connectivity index (χ0) is 17.5. The van der Waals surface area contributed by atoms with Gasteiger partial charge in [-0.05, 0) is 31.9 Å². The van der Waals surface area contributed by atoms with E-state index in [-0.39, 0.29) is 11.1 Å². The second kappa shape index (κ2) is 5.92. The van der Waals surface area contributed by atoms with Crippen LogP contribution in [0.2, 0.25) is 0 Å². The number of aliphatic hydroxyl groups excluding tert-OH is 2. The topological polar surface area (TPSA) is 82.5 Å². The first-order valence-corrected chi connectivity index (χ1v) is 7.88. The van der Waals surface area contributed by atoms with Gasteiger partial charge in [0.15, 0.2) is 0 Å². The van der Waals surface area contributed by atoms with Crippen LogP contribution in [-0.2, 0) is 5.41 Å². The molecule has 0 saturated heterocycles. The Morgan fingerprint density at radius 1 is 1.38 bits per heavy atom. The summed E-state index contributed by atoms with van der Waals surface area (Å²) in [5.41, 5.74) is 0.857. The number of nitrogens with one attached hydrogen (secondary N) is 1. The summed E-state index contributed by atoms with van der Waals surface area (Å²) in [5.74, 6) is 0.322. The quantitative estimate of drug-likeness (QED) is 0.756. The summed E-state index contributed by atoms with van der Waals surface area (Å²) in [6.07, 6.45) is 0.981. The van der Waals surface area contributed by atoms with Crippen molar-refractivity contribution in [2.75, 3.05) is 0 Å². The van der Waals surface area contributed by atoms with E-state index in [1.54, 1.807) is 33.0 Å². The zero-order valence-corrected chi connectivity index (χ0v) is 13.9. The SMILES string of the molecule is C/C=C(\C)[C@H](O)[C@@]1(C)c2c(c(-c3ccccc3)c[nH]c2=O)O[C@@H]1O. The van der Waals surface area contributed by atoms with Crippen molar-refractivity contribution in [2.24, 2.45) is 0 Å². The van der Waals surface area contributed by atoms with E-state index in [0.29, 0.717) is 16.9 Å². The summed E-state index contributed by atoms with van der Waals surface area (Å²) >= 11 is 0. The average molecular weight is 327 g/mol. The van der Waals surface area contributed by atoms with E-state index in [9.17, 15) is 15.0 Å². The van der Waals surface area contributed by atoms with Crippen LogP contribution in [-0.4, -0.2) is 27.6 Å². The zero-order valence-electron chi connectivity index (χ0n) is 13.9. The molecule has 2 heterocycles. The lowest BCUT2D eigenvalue weighted by atomic mass is 9.75. The normalized spacial score (nSPS) is 24.4. The number of aliphatic hydroxyl groups is 2. The number of pyridine rings is 1. The van der Waals surface area contributed by atoms with Gasteiger partial charge in [0.1, 0.15) is 5.75 Å². The Labute approximate surface area is 140 Å². The highest BCUT2D eigenvalue weighted by Gasteiger charge is 2.53. The predicted molar refractivity (Wildman–Crippen MR) is 91.9 cm³/mol. The molecule has 0 unspecified atom stereocenters. The Balaban J connectivity index is 2.25. The monoisotopic (exact) mass is 327 g/mol. The van der Waals surface area contributed by atoms with Crippen LogP contribution in [0.3, 0.4) is 0 Å². The third-order valence-electron chi connectivity index (χ3n) is 4.87. The molecule has 126 valence electrons. The first-order valence-electron chi connectivity index (χ1n) is 7.88. The van der Waals surface area contributed by atoms with Gasteiger partial charge in [0.2, 0.25) is 6.29 Å². The lowest BCUT2D eigenvalue weighted by Gasteiger charge is -2.32. The Kier molecular flexibility index (Phi) is 4.07. The van der Waals surface area contributed by atoms with Crippen molar-refractivity contribution in [3.8, 4) is 16.9 Å². The summed E-state index contributed by atoms with van der Waals surface area (Å²) < 4.78 is 5.65. The lowest BCUT2D eigenvalue weighted by Crippen LogP contribution is -2.48. The van der Waals surface area contributed by atoms with Gasteiger partial charge in [-0.3, -0.25) is 4.79 Å². The molecule has 0 radical (unpaired) electrons. The second-order valence-corrected chi connectivity index (χ2v) is 6.29. The molecule has 1 aromatic heterocycles. The number of aromatic nitrogens is 1. The molecule has 5 heteroatoms. The molecule has 1 aliphatic heterocycles. The van der Waals surface area contributed by atoms with Crippen LogP contribution in [0, 0.1) is 0 Å². The third-order valence-corrected chi connectivity index (χ3v) is 4.87. The maximum absolute atomic E-state index is 12.5. The molecule has 24 heavy (non-hydrogen) atoms. The first-order chi connectivity index (χ1) is 11.4. The van der Waals surface area contributed by atoms with E-state index in [1.165, 1.54) is 0 Å². The van der Waals surface area contributed by atoms with Gasteiger partial charge >= 0.3 is 0 Å². The van der Waals surface area contributed by atoms with Crippen molar-refractivity contribution in [3.05, 3.63) is 64.1 Å². The van der Waals surface area contributed by atoms with E-state index in [2.05, 4.69) is 4.98 Å². The summed E-state index contributed by atoms with van der Waals surface area (Å²) in [6, 6.07) is 9.46. The van der Waals surface area contributed by atoms with Crippen molar-refractivity contribution in [2.45, 2.75) is 38.6 Å². The van der Waals surface area contributed by atoms with Crippen LogP contribution in [0.4, 0.5) is 0 Å². The number of H-pyrrole nitrogens is 1. The van der Waals surface area contributed by atoms with Crippen molar-refractivity contribution in [3.63, 3.8) is 0 Å². The minimum atomic E-state index is -1.32. The van der Waals surface area contributed by atoms with E-state index in [4.69, 9.17) is 4.74 Å². The van der Waals surface area contributed by atoms with Crippen LogP contribution in [0.15, 0.2) is 53.0 Å². The van der Waals surface area contributed by atoms with Gasteiger partial charge in [-0.25, -0.2) is 0 Å². The van der Waals surface area contributed by atoms with Crippen molar-refractivity contribution < 1.29 is 14.9 Å². The molecule has 2 aromatic rings. The molecular weight excluding hydrogens is 306 g/mol. The molecule has 3 atom stereocenters. The maximum Gasteiger partial charge on any atom is 0.255 e. The number of ether oxygens (including phenoxy) is 1. The van der Waals surface area contributed by atoms with E-state index in [1.807, 2.05) is 30.3 Å². The number of hydrogen-bond donors (Lipinski definition) is 3. The minimum absolute atomic E-state index is 0.269. The first kappa shape index (κ1) is 16.5. The van der Waals surface area contributed by atoms with Gasteiger partial charge in [-0.15, -0.1) is 0 Å². The predicted octanol–water partition coefficient (Wildman–Crippen LogP) is 2.34. The lowest BCUT2D eigenvalue weighted by molar-refractivity contribution is -0.0838. The summed E-state index contributed by atoms with van der Waals surface area (Å²) in [6.45, 7) is 5.21. The molecule has 0 fully saturated rings. The molecule has 0 aliphatic carbocycles. The van der Waals surface area contributed by atoms with Crippen LogP contribution in [0.5, 0.6) is 5.75 Å². The highest BCUT2D eigenvalue weighted by atomic mass is 16.6. The molecule has 5 nitrogen and oxygen atoms in total. The minimum Gasteiger partial charge on any atom is -0.463 e. The highest BCUT2D eigenvalue weighted by Crippen LogP contribution is 2.47. The van der Waals surface area contributed by atoms with Gasteiger partial charge < -0.3 is 19.9 Å². The van der Waals surface area contributed by atoms with Gasteiger partial charge in [0.25, 0.3) is 5.56 Å². The molecule has 0 saturated carbocycles. The smallest absolute Gasteiger partial charge is 0.255 e. The van der Waals surface area contributed by atoms with Gasteiger partial charge in [0, 0.05) is 11.8 Å². The number of benzene rings is 1. The number of aromatic amines is 1. The Bertz CT molecular complexity index is 840. The van der Waals surface area contributed by atoms with Crippen molar-refractivity contribution >= 4 is 0 Å². The van der Waals surface area contributed by atoms with Crippen molar-refractivity contribution in [1.82, 2.24) is 4.98 Å². The van der Waals surface area contributed by atoms with E-state index >= 15 is 0 Å². The van der Waals surface area contributed by atoms with Gasteiger partial charge in [-0.1, -0.05) is 36.4 Å². The fourth-order valence-corrected chi connectivity index (χ4v) is 3.22. The number of rotatable bonds is 3. The molecule has 0 spiro atoms. The van der Waals surface area contributed by atoms with Crippen LogP contribution >= 0.6 is 0 Å². The number of fused-ring (bicyclic) bond motifs is 1. The van der Waals surface area contributed by atoms with Crippen LogP contribution in [0.25, 0.3) is 11.1 Å². The fourth-order valence-electron chi connectivity index (χ4n) is 3.22. The largest absolute Gasteiger partial charge is 0.463 e.